The molecule has 4 aromatic rings. The molecule has 7 heteroatoms. The number of aryl methyl sites for hydroxylation is 1. The van der Waals surface area contributed by atoms with Gasteiger partial charge < -0.3 is 5.43 Å². The summed E-state index contributed by atoms with van der Waals surface area (Å²) in [6, 6.07) is 12.4. The molecule has 4 heterocycles. The van der Waals surface area contributed by atoms with E-state index in [4.69, 9.17) is 0 Å². The van der Waals surface area contributed by atoms with E-state index in [-0.39, 0.29) is 5.92 Å². The highest BCUT2D eigenvalue weighted by atomic mass is 15.4. The highest BCUT2D eigenvalue weighted by molar-refractivity contribution is 5.81. The van der Waals surface area contributed by atoms with Gasteiger partial charge in [-0.05, 0) is 48.4 Å². The molecule has 0 aliphatic carbocycles. The topological polar surface area (TPSA) is 80.4 Å². The Kier molecular flexibility index (Phi) is 3.38. The molecule has 3 aromatic heterocycles. The highest BCUT2D eigenvalue weighted by Crippen LogP contribution is 2.22. The van der Waals surface area contributed by atoms with Crippen LogP contribution in [0.1, 0.15) is 28.6 Å². The summed E-state index contributed by atoms with van der Waals surface area (Å²) in [7, 11) is 0. The van der Waals surface area contributed by atoms with E-state index < -0.39 is 0 Å². The molecule has 0 saturated heterocycles. The minimum atomic E-state index is 0.281. The van der Waals surface area contributed by atoms with Crippen molar-refractivity contribution >= 4 is 22.8 Å². The van der Waals surface area contributed by atoms with Gasteiger partial charge in [0.25, 0.3) is 0 Å². The zero-order valence-corrected chi connectivity index (χ0v) is 14.3. The van der Waals surface area contributed by atoms with Crippen LogP contribution in [0.2, 0.25) is 0 Å². The van der Waals surface area contributed by atoms with Crippen LogP contribution in [0.5, 0.6) is 0 Å². The Labute approximate surface area is 149 Å². The number of rotatable bonds is 3. The van der Waals surface area contributed by atoms with Crippen molar-refractivity contribution in [3.8, 4) is 0 Å². The van der Waals surface area contributed by atoms with Gasteiger partial charge in [0.2, 0.25) is 0 Å². The van der Waals surface area contributed by atoms with Crippen LogP contribution in [-0.2, 0) is 6.42 Å². The largest absolute Gasteiger partial charge is 0.309 e. The normalized spacial score (nSPS) is 16.4. The predicted molar refractivity (Wildman–Crippen MR) is 99.3 cm³/mol. The van der Waals surface area contributed by atoms with Crippen LogP contribution < -0.4 is 5.43 Å². The average molecular weight is 343 g/mol. The molecule has 0 fully saturated rings. The molecule has 5 rings (SSSR count). The predicted octanol–water partition coefficient (Wildman–Crippen LogP) is 2.24. The first-order valence-electron chi connectivity index (χ1n) is 8.59. The van der Waals surface area contributed by atoms with Gasteiger partial charge in [-0.15, -0.1) is 10.2 Å². The number of hydrogen-bond donors (Lipinski definition) is 1. The third-order valence-corrected chi connectivity index (χ3v) is 4.67. The smallest absolute Gasteiger partial charge is 0.177 e. The molecule has 0 spiro atoms. The van der Waals surface area contributed by atoms with E-state index in [1.54, 1.807) is 0 Å². The average Bonchev–Trinajstić information content (AvgIpc) is 3.32. The number of aromatic nitrogens is 5. The molecule has 1 aromatic carbocycles. The number of pyridine rings is 1. The molecule has 0 bridgehead atoms. The van der Waals surface area contributed by atoms with Gasteiger partial charge in [0, 0.05) is 36.7 Å². The first-order chi connectivity index (χ1) is 12.8. The summed E-state index contributed by atoms with van der Waals surface area (Å²) < 4.78 is 1.81. The Bertz CT molecular complexity index is 1150. The molecule has 26 heavy (non-hydrogen) atoms. The molecular formula is C19H17N7. The SMILES string of the molecule is Cc1ccc2nnc(Cc3ccc4ncc(C5C=NNC5)cc4c3)n2n1. The maximum absolute atomic E-state index is 4.59. The molecule has 1 N–H and O–H groups in total. The zero-order chi connectivity index (χ0) is 17.5. The Hall–Kier alpha value is -3.35. The van der Waals surface area contributed by atoms with E-state index in [9.17, 15) is 0 Å². The molecule has 7 nitrogen and oxygen atoms in total. The lowest BCUT2D eigenvalue weighted by molar-refractivity contribution is 0.763. The summed E-state index contributed by atoms with van der Waals surface area (Å²) in [5, 5.41) is 18.2. The molecule has 1 aliphatic rings. The highest BCUT2D eigenvalue weighted by Gasteiger charge is 2.14. The van der Waals surface area contributed by atoms with Crippen LogP contribution in [0.4, 0.5) is 0 Å². The minimum Gasteiger partial charge on any atom is -0.309 e. The molecule has 0 amide bonds. The van der Waals surface area contributed by atoms with Crippen LogP contribution in [0.3, 0.4) is 0 Å². The molecule has 128 valence electrons. The van der Waals surface area contributed by atoms with Gasteiger partial charge in [0.05, 0.1) is 11.2 Å². The Morgan fingerprint density at radius 1 is 1.15 bits per heavy atom. The van der Waals surface area contributed by atoms with Crippen LogP contribution in [0.15, 0.2) is 47.7 Å². The summed E-state index contributed by atoms with van der Waals surface area (Å²) in [5.41, 5.74) is 8.03. The second-order valence-electron chi connectivity index (χ2n) is 6.58. The molecule has 1 aliphatic heterocycles. The quantitative estimate of drug-likeness (QED) is 0.617. The van der Waals surface area contributed by atoms with Crippen molar-refractivity contribution in [3.05, 3.63) is 65.2 Å². The van der Waals surface area contributed by atoms with Crippen LogP contribution in [0, 0.1) is 6.92 Å². The molecule has 0 radical (unpaired) electrons. The van der Waals surface area contributed by atoms with Gasteiger partial charge >= 0.3 is 0 Å². The third kappa shape index (κ3) is 2.57. The lowest BCUT2D eigenvalue weighted by atomic mass is 10.00. The number of nitrogens with one attached hydrogen (secondary N) is 1. The zero-order valence-electron chi connectivity index (χ0n) is 14.3. The fourth-order valence-corrected chi connectivity index (χ4v) is 3.28. The molecule has 0 saturated carbocycles. The molecule has 1 unspecified atom stereocenters. The van der Waals surface area contributed by atoms with Crippen molar-refractivity contribution in [3.63, 3.8) is 0 Å². The summed E-state index contributed by atoms with van der Waals surface area (Å²) in [5.74, 6) is 1.11. The monoisotopic (exact) mass is 343 g/mol. The van der Waals surface area contributed by atoms with E-state index in [2.05, 4.69) is 55.1 Å². The van der Waals surface area contributed by atoms with Gasteiger partial charge in [-0.1, -0.05) is 6.07 Å². The maximum atomic E-state index is 4.59. The number of fused-ring (bicyclic) bond motifs is 2. The van der Waals surface area contributed by atoms with Crippen molar-refractivity contribution in [2.24, 2.45) is 5.10 Å². The fourth-order valence-electron chi connectivity index (χ4n) is 3.28. The first kappa shape index (κ1) is 14.9. The van der Waals surface area contributed by atoms with Crippen molar-refractivity contribution in [1.82, 2.24) is 30.2 Å². The molecule has 1 atom stereocenters. The van der Waals surface area contributed by atoms with Gasteiger partial charge in [-0.3, -0.25) is 4.98 Å². The summed E-state index contributed by atoms with van der Waals surface area (Å²) in [4.78, 5) is 4.59. The van der Waals surface area contributed by atoms with E-state index in [0.717, 1.165) is 40.2 Å². The van der Waals surface area contributed by atoms with Crippen molar-refractivity contribution in [1.29, 1.82) is 0 Å². The minimum absolute atomic E-state index is 0.281. The van der Waals surface area contributed by atoms with Crippen molar-refractivity contribution < 1.29 is 0 Å². The summed E-state index contributed by atoms with van der Waals surface area (Å²) >= 11 is 0. The lowest BCUT2D eigenvalue weighted by Crippen LogP contribution is -2.08. The number of nitrogens with zero attached hydrogens (tertiary/aromatic N) is 6. The van der Waals surface area contributed by atoms with E-state index >= 15 is 0 Å². The number of hydrogen-bond acceptors (Lipinski definition) is 6. The Balaban J connectivity index is 1.51. The first-order valence-corrected chi connectivity index (χ1v) is 8.59. The van der Waals surface area contributed by atoms with E-state index in [0.29, 0.717) is 6.42 Å². The second kappa shape index (κ2) is 5.87. The lowest BCUT2D eigenvalue weighted by Gasteiger charge is -2.08. The second-order valence-corrected chi connectivity index (χ2v) is 6.58. The van der Waals surface area contributed by atoms with Gasteiger partial charge in [0.1, 0.15) is 0 Å². The third-order valence-electron chi connectivity index (χ3n) is 4.67. The number of benzene rings is 1. The maximum Gasteiger partial charge on any atom is 0.177 e. The van der Waals surface area contributed by atoms with Gasteiger partial charge in [0.15, 0.2) is 11.5 Å². The number of hydrazone groups is 1. The van der Waals surface area contributed by atoms with Crippen LogP contribution >= 0.6 is 0 Å². The van der Waals surface area contributed by atoms with Crippen LogP contribution in [0.25, 0.3) is 16.6 Å². The van der Waals surface area contributed by atoms with Crippen molar-refractivity contribution in [2.75, 3.05) is 6.54 Å². The van der Waals surface area contributed by atoms with Gasteiger partial charge in [-0.2, -0.15) is 14.7 Å². The summed E-state index contributed by atoms with van der Waals surface area (Å²) in [6.07, 6.45) is 4.54. The Morgan fingerprint density at radius 2 is 2.12 bits per heavy atom. The molecular weight excluding hydrogens is 326 g/mol. The van der Waals surface area contributed by atoms with Crippen molar-refractivity contribution in [2.45, 2.75) is 19.3 Å². The fraction of sp³-hybridized carbons (Fsp3) is 0.211. The Morgan fingerprint density at radius 3 is 3.00 bits per heavy atom. The van der Waals surface area contributed by atoms with Gasteiger partial charge in [-0.25, -0.2) is 0 Å². The standard InChI is InChI=1S/C19H17N7/c1-12-2-5-18-23-24-19(26(18)25-12)7-13-3-4-17-14(6-13)8-15(9-20-17)16-10-21-22-11-16/h2-6,8-10,16,22H,7,11H2,1H3. The summed E-state index contributed by atoms with van der Waals surface area (Å²) in [6.45, 7) is 2.79. The van der Waals surface area contributed by atoms with Crippen LogP contribution in [-0.4, -0.2) is 37.6 Å². The van der Waals surface area contributed by atoms with E-state index in [1.807, 2.05) is 36.0 Å². The van der Waals surface area contributed by atoms with E-state index in [1.165, 1.54) is 5.56 Å².